The summed E-state index contributed by atoms with van der Waals surface area (Å²) in [6, 6.07) is 83.8. The zero-order chi connectivity index (χ0) is 42.5. The summed E-state index contributed by atoms with van der Waals surface area (Å²) in [6.07, 6.45) is 4.21. The molecule has 312 valence electrons. The maximum absolute atomic E-state index is 7.50. The molecule has 0 aliphatic rings. The fourth-order valence-corrected chi connectivity index (χ4v) is 12.8. The van der Waals surface area contributed by atoms with Crippen molar-refractivity contribution in [2.24, 2.45) is 9.98 Å². The van der Waals surface area contributed by atoms with Crippen LogP contribution in [0.5, 0.6) is 0 Å². The van der Waals surface area contributed by atoms with Crippen molar-refractivity contribution in [3.05, 3.63) is 259 Å². The Morgan fingerprint density at radius 2 is 0.651 bits per heavy atom. The van der Waals surface area contributed by atoms with Crippen LogP contribution in [0.3, 0.4) is 0 Å². The van der Waals surface area contributed by atoms with Crippen LogP contribution in [-0.4, -0.2) is 12.4 Å². The molecule has 2 atom stereocenters. The predicted molar refractivity (Wildman–Crippen MR) is 269 cm³/mol. The Morgan fingerprint density at radius 3 is 0.921 bits per heavy atom. The molecule has 0 heterocycles. The van der Waals surface area contributed by atoms with Gasteiger partial charge >= 0.3 is 11.3 Å². The molecular weight excluding hydrogens is 848 g/mol. The minimum absolute atomic E-state index is 0. The van der Waals surface area contributed by atoms with Gasteiger partial charge in [-0.1, -0.05) is 165 Å². The molecule has 0 aliphatic heterocycles. The van der Waals surface area contributed by atoms with Gasteiger partial charge in [-0.05, 0) is 83.9 Å². The van der Waals surface area contributed by atoms with E-state index in [4.69, 9.17) is 19.9 Å². The number of hydrogen-bond acceptors (Lipinski definition) is 3. The van der Waals surface area contributed by atoms with Crippen LogP contribution in [0.1, 0.15) is 48.7 Å². The molecule has 0 unspecified atom stereocenters. The largest absolute Gasteiger partial charge is 0 e. The van der Waals surface area contributed by atoms with Crippen molar-refractivity contribution in [2.45, 2.75) is 26.4 Å². The number of benzene rings is 8. The minimum Gasteiger partial charge on any atom is 0 e. The minimum atomic E-state index is -1.31. The van der Waals surface area contributed by atoms with Gasteiger partial charge in [0, 0.05) is 47.5 Å². The van der Waals surface area contributed by atoms with E-state index in [0.717, 1.165) is 22.3 Å². The Hall–Kier alpha value is -6.29. The fraction of sp³-hybridized carbons (Fsp3) is 0.0714. The second-order valence-electron chi connectivity index (χ2n) is 13.9. The van der Waals surface area contributed by atoms with Crippen molar-refractivity contribution in [1.29, 1.82) is 5.26 Å². The number of rotatable bonds is 13. The van der Waals surface area contributed by atoms with Crippen molar-refractivity contribution >= 4 is 60.1 Å². The number of nitriles is 1. The molecule has 8 aromatic rings. The Labute approximate surface area is 386 Å². The van der Waals surface area contributed by atoms with Crippen molar-refractivity contribution < 1.29 is 21.7 Å². The molecule has 0 aliphatic carbocycles. The summed E-state index contributed by atoms with van der Waals surface area (Å²) in [5.41, 5.74) is 4.51. The molecule has 8 rings (SSSR count). The van der Waals surface area contributed by atoms with Crippen LogP contribution in [0.15, 0.2) is 241 Å². The monoisotopic (exact) mass is 899 g/mol. The number of nitrogens with zero attached hydrogens (tertiary/aromatic N) is 3. The summed E-state index contributed by atoms with van der Waals surface area (Å²) in [6.45, 7) is 5.93. The van der Waals surface area contributed by atoms with Crippen molar-refractivity contribution in [1.82, 2.24) is 0 Å². The summed E-state index contributed by atoms with van der Waals surface area (Å²) in [5, 5.41) is 15.3. The summed E-state index contributed by atoms with van der Waals surface area (Å²) in [5.74, 6) is 0. The van der Waals surface area contributed by atoms with Crippen molar-refractivity contribution in [3.63, 3.8) is 0 Å². The first kappa shape index (κ1) is 49.4. The van der Waals surface area contributed by atoms with E-state index < -0.39 is 15.8 Å². The first-order valence-electron chi connectivity index (χ1n) is 20.1. The molecule has 0 aromatic heterocycles. The Bertz CT molecular complexity index is 2380. The quantitative estimate of drug-likeness (QED) is 0.0374. The Kier molecular flexibility index (Phi) is 21.1. The van der Waals surface area contributed by atoms with Crippen LogP contribution >= 0.6 is 15.8 Å². The van der Waals surface area contributed by atoms with Gasteiger partial charge in [0.25, 0.3) is 0 Å². The third-order valence-corrected chi connectivity index (χ3v) is 15.7. The maximum Gasteiger partial charge on any atom is 0 e. The van der Waals surface area contributed by atoms with Gasteiger partial charge < -0.3 is 0 Å². The summed E-state index contributed by atoms with van der Waals surface area (Å²) < 4.78 is 7.50. The van der Waals surface area contributed by atoms with E-state index in [-0.39, 0.29) is 36.6 Å². The third kappa shape index (κ3) is 13.4. The molecule has 63 heavy (non-hydrogen) atoms. The van der Waals surface area contributed by atoms with E-state index in [1.54, 1.807) is 6.07 Å². The zero-order valence-corrected chi connectivity index (χ0v) is 37.5. The molecule has 0 saturated heterocycles. The average molecular weight is 900 g/mol. The summed E-state index contributed by atoms with van der Waals surface area (Å²) in [7, 11) is -2.62. The standard InChI is InChI=1S/C52H42N2P2.C2H3N.CO.CH4.Fe/c1-7-23-41(24-8-1)51(53-39-43-27-19-21-37-49(43)55(45-29-11-3-12-30-45)46-31-13-4-14-32-46)52(42-25-9-2-10-26-42)54-40-44-28-20-22-38-50(44)56(47-33-15-5-16-34-47)48-35-17-6-18-36-48;1-2-3;1-2;;/h1-40,51-52H;1H3;;1H4;/p+2/t51-,52-;;;;/m1..../s1. The van der Waals surface area contributed by atoms with Gasteiger partial charge in [0.2, 0.25) is 0 Å². The van der Waals surface area contributed by atoms with Crippen LogP contribution in [-0.2, 0) is 21.7 Å². The van der Waals surface area contributed by atoms with E-state index in [9.17, 15) is 0 Å². The Balaban J connectivity index is 0.00000119. The molecule has 0 N–H and O–H groups in total. The van der Waals surface area contributed by atoms with Gasteiger partial charge in [0.15, 0.2) is 0 Å². The predicted octanol–water partition coefficient (Wildman–Crippen LogP) is 10.8. The van der Waals surface area contributed by atoms with E-state index >= 15 is 0 Å². The van der Waals surface area contributed by atoms with Crippen LogP contribution in [0, 0.1) is 18.0 Å². The van der Waals surface area contributed by atoms with Crippen LogP contribution in [0.25, 0.3) is 0 Å². The van der Waals surface area contributed by atoms with Crippen molar-refractivity contribution in [3.8, 4) is 6.07 Å². The molecule has 0 radical (unpaired) electrons. The van der Waals surface area contributed by atoms with E-state index in [1.165, 1.54) is 38.8 Å². The van der Waals surface area contributed by atoms with E-state index in [0.29, 0.717) is 0 Å². The first-order chi connectivity index (χ1) is 30.2. The molecule has 7 heteroatoms. The second kappa shape index (κ2) is 26.9. The Morgan fingerprint density at radius 1 is 0.429 bits per heavy atom. The number of hydrogen-bond donors (Lipinski definition) is 0. The van der Waals surface area contributed by atoms with Gasteiger partial charge in [-0.25, -0.2) is 0 Å². The smallest absolute Gasteiger partial charge is 0 e. The molecule has 0 bridgehead atoms. The molecule has 4 nitrogen and oxygen atoms in total. The van der Waals surface area contributed by atoms with Crippen LogP contribution in [0.4, 0.5) is 0 Å². The van der Waals surface area contributed by atoms with Crippen molar-refractivity contribution in [2.75, 3.05) is 0 Å². The molecule has 0 spiro atoms. The normalized spacial score (nSPS) is 11.4. The van der Waals surface area contributed by atoms with E-state index in [2.05, 4.69) is 250 Å². The fourth-order valence-electron chi connectivity index (χ4n) is 7.37. The van der Waals surface area contributed by atoms with E-state index in [1.807, 2.05) is 0 Å². The molecular formula is C56H51FeN3OP2+2. The average Bonchev–Trinajstić information content (AvgIpc) is 3.34. The molecule has 0 amide bonds. The zero-order valence-electron chi connectivity index (χ0n) is 34.4. The summed E-state index contributed by atoms with van der Waals surface area (Å²) >= 11 is 0. The van der Waals surface area contributed by atoms with Crippen LogP contribution in [0.2, 0.25) is 0 Å². The van der Waals surface area contributed by atoms with Gasteiger partial charge in [0.05, 0.1) is 21.9 Å². The molecule has 8 aromatic carbocycles. The molecule has 0 fully saturated rings. The van der Waals surface area contributed by atoms with Gasteiger partial charge in [-0.15, -0.1) is 0 Å². The maximum atomic E-state index is 7.50. The second-order valence-corrected chi connectivity index (χ2v) is 18.8. The first-order valence-corrected chi connectivity index (χ1v) is 23.1. The van der Waals surface area contributed by atoms with Gasteiger partial charge in [0.1, 0.15) is 43.9 Å². The molecule has 0 saturated carbocycles. The third-order valence-electron chi connectivity index (χ3n) is 10.0. The van der Waals surface area contributed by atoms with Crippen LogP contribution < -0.4 is 31.8 Å². The summed E-state index contributed by atoms with van der Waals surface area (Å²) in [4.78, 5) is 11.0. The van der Waals surface area contributed by atoms with Gasteiger partial charge in [-0.2, -0.15) is 5.26 Å². The SMILES string of the molecule is C.C(=N[C@H](c1ccccc1)[C@H](N=Cc1ccccc1[PH+](c1ccccc1)c1ccccc1)c1ccccc1)c1ccccc1[PH+](c1ccccc1)c1ccccc1.CC#N.[C-]#[O+].[Fe]. The van der Waals surface area contributed by atoms with Gasteiger partial charge in [-0.3, -0.25) is 9.98 Å². The topological polar surface area (TPSA) is 68.4 Å². The number of aliphatic imine (C=N–C) groups is 2.